The van der Waals surface area contributed by atoms with Crippen molar-refractivity contribution in [2.24, 2.45) is 28.7 Å². The Morgan fingerprint density at radius 3 is 1.90 bits per heavy atom. The van der Waals surface area contributed by atoms with Gasteiger partial charge in [0, 0.05) is 18.6 Å². The Kier molecular flexibility index (Phi) is 11.1. The molecule has 0 aromatic rings. The number of ether oxygens (including phenoxy) is 6. The number of hydrogen-bond donors (Lipinski definition) is 11. The van der Waals surface area contributed by atoms with Crippen molar-refractivity contribution >= 4 is 0 Å². The molecular formula is C23H45N5O12. The van der Waals surface area contributed by atoms with E-state index in [1.54, 1.807) is 0 Å². The van der Waals surface area contributed by atoms with Crippen molar-refractivity contribution in [3.8, 4) is 0 Å². The average molecular weight is 584 g/mol. The molecule has 3 aliphatic heterocycles. The first-order valence-electron chi connectivity index (χ1n) is 13.6. The van der Waals surface area contributed by atoms with Crippen molar-refractivity contribution < 1.29 is 59.1 Å². The molecule has 4 fully saturated rings. The Balaban J connectivity index is 1.48. The lowest BCUT2D eigenvalue weighted by Gasteiger charge is -2.45. The van der Waals surface area contributed by atoms with Crippen molar-refractivity contribution in [1.82, 2.24) is 0 Å². The van der Waals surface area contributed by atoms with E-state index in [2.05, 4.69) is 0 Å². The van der Waals surface area contributed by atoms with Gasteiger partial charge in [0.25, 0.3) is 0 Å². The highest BCUT2D eigenvalue weighted by atomic mass is 16.8. The van der Waals surface area contributed by atoms with E-state index in [0.717, 1.165) is 0 Å². The molecule has 17 unspecified atom stereocenters. The Bertz CT molecular complexity index is 805. The van der Waals surface area contributed by atoms with Crippen molar-refractivity contribution in [2.45, 2.75) is 123 Å². The van der Waals surface area contributed by atoms with Gasteiger partial charge in [-0.2, -0.15) is 0 Å². The van der Waals surface area contributed by atoms with Gasteiger partial charge in [-0.05, 0) is 19.3 Å². The van der Waals surface area contributed by atoms with Crippen LogP contribution >= 0.6 is 0 Å². The standard InChI is InChI=1S/C23H45N5O12/c24-4-11-15(32)16(33)13(28)22(36-11)39-19-12(6-30)37-23(17(19)34)40-20-14(31)9(26)3-10(27)18(20)38-21-8(25)2-1-7(5-29)35-21/h7-23,29-34H,1-6,24-28H2. The number of nitrogens with two attached hydrogens (primary N) is 5. The summed E-state index contributed by atoms with van der Waals surface area (Å²) in [6.07, 6.45) is -14.1. The van der Waals surface area contributed by atoms with Crippen LogP contribution in [0, 0.1) is 0 Å². The lowest BCUT2D eigenvalue weighted by molar-refractivity contribution is -0.290. The third-order valence-electron chi connectivity index (χ3n) is 8.09. The van der Waals surface area contributed by atoms with Gasteiger partial charge in [-0.3, -0.25) is 0 Å². The molecule has 17 nitrogen and oxygen atoms in total. The monoisotopic (exact) mass is 583 g/mol. The number of rotatable bonds is 9. The summed E-state index contributed by atoms with van der Waals surface area (Å²) in [5.74, 6) is 0. The summed E-state index contributed by atoms with van der Waals surface area (Å²) in [6.45, 7) is -0.966. The molecule has 1 saturated carbocycles. The van der Waals surface area contributed by atoms with E-state index in [1.165, 1.54) is 0 Å². The summed E-state index contributed by atoms with van der Waals surface area (Å²) in [5.41, 5.74) is 30.2. The molecule has 1 aliphatic carbocycles. The van der Waals surface area contributed by atoms with Crippen molar-refractivity contribution in [2.75, 3.05) is 19.8 Å². The molecule has 0 bridgehead atoms. The van der Waals surface area contributed by atoms with E-state index in [4.69, 9.17) is 57.1 Å². The van der Waals surface area contributed by atoms with Crippen LogP contribution in [0.3, 0.4) is 0 Å². The maximum absolute atomic E-state index is 11.1. The summed E-state index contributed by atoms with van der Waals surface area (Å²) in [5, 5.41) is 61.9. The first-order chi connectivity index (χ1) is 19.0. The number of aliphatic hydroxyl groups is 6. The normalized spacial score (nSPS) is 52.1. The van der Waals surface area contributed by atoms with Crippen molar-refractivity contribution in [1.29, 1.82) is 0 Å². The summed E-state index contributed by atoms with van der Waals surface area (Å²) in [6, 6.07) is -3.25. The SMILES string of the molecule is NCC1OC(OC2C(CO)OC(OC3C(O)C(N)CC(N)C3OC3OC(CO)CCC3N)C2O)C(N)C(O)C1O. The predicted molar refractivity (Wildman–Crippen MR) is 134 cm³/mol. The summed E-state index contributed by atoms with van der Waals surface area (Å²) < 4.78 is 34.9. The van der Waals surface area contributed by atoms with Crippen LogP contribution in [0.2, 0.25) is 0 Å². The number of aliphatic hydroxyl groups excluding tert-OH is 6. The number of hydrogen-bond acceptors (Lipinski definition) is 17. The summed E-state index contributed by atoms with van der Waals surface area (Å²) in [7, 11) is 0. The fourth-order valence-corrected chi connectivity index (χ4v) is 5.61. The molecule has 0 aromatic carbocycles. The molecule has 234 valence electrons. The molecule has 0 radical (unpaired) electrons. The van der Waals surface area contributed by atoms with Crippen molar-refractivity contribution in [3.63, 3.8) is 0 Å². The lowest BCUT2D eigenvalue weighted by Crippen LogP contribution is -2.65. The first kappa shape index (κ1) is 32.2. The van der Waals surface area contributed by atoms with Crippen LogP contribution in [0.5, 0.6) is 0 Å². The van der Waals surface area contributed by atoms with Crippen LogP contribution in [0.25, 0.3) is 0 Å². The van der Waals surface area contributed by atoms with Crippen molar-refractivity contribution in [3.05, 3.63) is 0 Å². The Hall–Kier alpha value is -0.680. The van der Waals surface area contributed by atoms with E-state index in [0.29, 0.717) is 12.8 Å². The molecule has 3 saturated heterocycles. The smallest absolute Gasteiger partial charge is 0.187 e. The third-order valence-corrected chi connectivity index (χ3v) is 8.09. The van der Waals surface area contributed by atoms with E-state index in [9.17, 15) is 30.6 Å². The zero-order valence-electron chi connectivity index (χ0n) is 22.1. The highest BCUT2D eigenvalue weighted by Crippen LogP contribution is 2.34. The topological polar surface area (TPSA) is 307 Å². The minimum Gasteiger partial charge on any atom is -0.394 e. The molecule has 4 aliphatic rings. The van der Waals surface area contributed by atoms with E-state index < -0.39 is 111 Å². The molecular weight excluding hydrogens is 538 g/mol. The first-order valence-corrected chi connectivity index (χ1v) is 13.6. The van der Waals surface area contributed by atoms with Crippen LogP contribution < -0.4 is 28.7 Å². The molecule has 40 heavy (non-hydrogen) atoms. The van der Waals surface area contributed by atoms with Gasteiger partial charge >= 0.3 is 0 Å². The van der Waals surface area contributed by atoms with E-state index >= 15 is 0 Å². The van der Waals surface area contributed by atoms with Gasteiger partial charge in [-0.1, -0.05) is 0 Å². The average Bonchev–Trinajstić information content (AvgIpc) is 3.23. The second-order valence-corrected chi connectivity index (χ2v) is 11.0. The molecule has 4 rings (SSSR count). The lowest BCUT2D eigenvalue weighted by atomic mass is 9.84. The van der Waals surface area contributed by atoms with Gasteiger partial charge in [0.05, 0.1) is 37.5 Å². The Morgan fingerprint density at radius 1 is 0.600 bits per heavy atom. The molecule has 3 heterocycles. The van der Waals surface area contributed by atoms with Gasteiger partial charge in [0.1, 0.15) is 48.8 Å². The largest absolute Gasteiger partial charge is 0.394 e. The van der Waals surface area contributed by atoms with Gasteiger partial charge in [-0.25, -0.2) is 0 Å². The predicted octanol–water partition coefficient (Wildman–Crippen LogP) is -6.80. The summed E-state index contributed by atoms with van der Waals surface area (Å²) >= 11 is 0. The Morgan fingerprint density at radius 2 is 1.25 bits per heavy atom. The van der Waals surface area contributed by atoms with Gasteiger partial charge in [0.15, 0.2) is 18.9 Å². The second kappa shape index (κ2) is 13.7. The molecule has 0 amide bonds. The van der Waals surface area contributed by atoms with Crippen LogP contribution in [0.1, 0.15) is 19.3 Å². The molecule has 16 N–H and O–H groups in total. The highest BCUT2D eigenvalue weighted by molar-refractivity contribution is 5.01. The minimum absolute atomic E-state index is 0.140. The fraction of sp³-hybridized carbons (Fsp3) is 1.00. The van der Waals surface area contributed by atoms with E-state index in [1.807, 2.05) is 0 Å². The maximum Gasteiger partial charge on any atom is 0.187 e. The van der Waals surface area contributed by atoms with Crippen LogP contribution in [-0.4, -0.2) is 154 Å². The van der Waals surface area contributed by atoms with Gasteiger partial charge in [0.2, 0.25) is 0 Å². The zero-order chi connectivity index (χ0) is 29.3. The van der Waals surface area contributed by atoms with Crippen LogP contribution in [0.4, 0.5) is 0 Å². The van der Waals surface area contributed by atoms with Crippen LogP contribution in [-0.2, 0) is 28.4 Å². The minimum atomic E-state index is -1.54. The van der Waals surface area contributed by atoms with Gasteiger partial charge < -0.3 is 87.7 Å². The van der Waals surface area contributed by atoms with Crippen LogP contribution in [0.15, 0.2) is 0 Å². The fourth-order valence-electron chi connectivity index (χ4n) is 5.61. The second-order valence-electron chi connectivity index (χ2n) is 11.0. The molecule has 17 atom stereocenters. The quantitative estimate of drug-likeness (QED) is 0.120. The molecule has 0 aromatic heterocycles. The Labute approximate surface area is 231 Å². The summed E-state index contributed by atoms with van der Waals surface area (Å²) in [4.78, 5) is 0. The molecule has 0 spiro atoms. The van der Waals surface area contributed by atoms with E-state index in [-0.39, 0.29) is 19.6 Å². The maximum atomic E-state index is 11.1. The molecule has 17 heteroatoms. The highest BCUT2D eigenvalue weighted by Gasteiger charge is 2.53. The van der Waals surface area contributed by atoms with Gasteiger partial charge in [-0.15, -0.1) is 0 Å². The third kappa shape index (κ3) is 6.61. The zero-order valence-corrected chi connectivity index (χ0v) is 22.1.